The second-order valence-corrected chi connectivity index (χ2v) is 8.49. The van der Waals surface area contributed by atoms with Gasteiger partial charge in [-0.25, -0.2) is 17.5 Å². The van der Waals surface area contributed by atoms with Crippen molar-refractivity contribution in [2.75, 3.05) is 13.1 Å². The normalized spacial score (nSPS) is 21.8. The summed E-state index contributed by atoms with van der Waals surface area (Å²) in [4.78, 5) is 2.66. The number of benzene rings is 1. The summed E-state index contributed by atoms with van der Waals surface area (Å²) in [6, 6.07) is 4.62. The largest absolute Gasteiger partial charge is 0.300 e. The van der Waals surface area contributed by atoms with Gasteiger partial charge in [0.05, 0.1) is 4.90 Å². The molecular weight excluding hydrogens is 315 g/mol. The molecule has 0 atom stereocenters. The minimum absolute atomic E-state index is 0.0250. The molecule has 0 radical (unpaired) electrons. The van der Waals surface area contributed by atoms with Crippen LogP contribution in [-0.2, 0) is 10.0 Å². The Morgan fingerprint density at radius 2 is 1.78 bits per heavy atom. The number of piperidine rings is 1. The Hall–Kier alpha value is -0.980. The second-order valence-electron chi connectivity index (χ2n) is 6.78. The van der Waals surface area contributed by atoms with Gasteiger partial charge in [0, 0.05) is 12.1 Å². The molecule has 1 aromatic rings. The summed E-state index contributed by atoms with van der Waals surface area (Å²) in [7, 11) is -3.57. The maximum absolute atomic E-state index is 13.3. The van der Waals surface area contributed by atoms with E-state index < -0.39 is 10.0 Å². The van der Waals surface area contributed by atoms with E-state index in [-0.39, 0.29) is 16.8 Å². The van der Waals surface area contributed by atoms with E-state index >= 15 is 0 Å². The van der Waals surface area contributed by atoms with E-state index in [0.29, 0.717) is 11.6 Å². The van der Waals surface area contributed by atoms with Gasteiger partial charge in [-0.1, -0.05) is 12.8 Å². The lowest BCUT2D eigenvalue weighted by atomic mass is 10.0. The number of aryl methyl sites for hydroxylation is 1. The molecule has 6 heteroatoms. The van der Waals surface area contributed by atoms with Crippen molar-refractivity contribution >= 4 is 10.0 Å². The Balaban J connectivity index is 1.59. The van der Waals surface area contributed by atoms with Gasteiger partial charge in [-0.3, -0.25) is 0 Å². The first kappa shape index (κ1) is 16.9. The van der Waals surface area contributed by atoms with E-state index in [1.54, 1.807) is 6.92 Å². The summed E-state index contributed by atoms with van der Waals surface area (Å²) in [6.07, 6.45) is 6.89. The molecule has 0 amide bonds. The zero-order valence-electron chi connectivity index (χ0n) is 13.6. The zero-order valence-corrected chi connectivity index (χ0v) is 14.4. The highest BCUT2D eigenvalue weighted by Gasteiger charge is 2.29. The first-order valence-electron chi connectivity index (χ1n) is 8.48. The minimum Gasteiger partial charge on any atom is -0.300 e. The van der Waals surface area contributed by atoms with Gasteiger partial charge in [0.15, 0.2) is 0 Å². The van der Waals surface area contributed by atoms with Crippen LogP contribution in [0.2, 0.25) is 0 Å². The van der Waals surface area contributed by atoms with Crippen LogP contribution in [0.5, 0.6) is 0 Å². The average Bonchev–Trinajstić information content (AvgIpc) is 3.04. The molecule has 1 heterocycles. The predicted octanol–water partition coefficient (Wildman–Crippen LogP) is 2.82. The molecule has 23 heavy (non-hydrogen) atoms. The van der Waals surface area contributed by atoms with Crippen molar-refractivity contribution in [2.24, 2.45) is 0 Å². The van der Waals surface area contributed by atoms with E-state index in [2.05, 4.69) is 9.62 Å². The Morgan fingerprint density at radius 1 is 1.13 bits per heavy atom. The van der Waals surface area contributed by atoms with Crippen molar-refractivity contribution in [3.05, 3.63) is 29.6 Å². The van der Waals surface area contributed by atoms with Crippen LogP contribution in [0.1, 0.15) is 44.1 Å². The van der Waals surface area contributed by atoms with Crippen LogP contribution < -0.4 is 4.72 Å². The minimum atomic E-state index is -3.57. The summed E-state index contributed by atoms with van der Waals surface area (Å²) in [5, 5.41) is 0. The first-order valence-corrected chi connectivity index (χ1v) is 9.96. The van der Waals surface area contributed by atoms with Crippen LogP contribution in [0, 0.1) is 12.7 Å². The van der Waals surface area contributed by atoms with Crippen molar-refractivity contribution in [1.82, 2.24) is 9.62 Å². The van der Waals surface area contributed by atoms with Crippen molar-refractivity contribution in [1.29, 1.82) is 0 Å². The molecule has 1 saturated carbocycles. The van der Waals surface area contributed by atoms with Crippen LogP contribution in [0.3, 0.4) is 0 Å². The lowest BCUT2D eigenvalue weighted by molar-refractivity contribution is 0.151. The lowest BCUT2D eigenvalue weighted by Crippen LogP contribution is -2.47. The van der Waals surface area contributed by atoms with Gasteiger partial charge in [0.2, 0.25) is 10.0 Å². The molecule has 1 saturated heterocycles. The number of hydrogen-bond donors (Lipinski definition) is 1. The van der Waals surface area contributed by atoms with Gasteiger partial charge in [0.1, 0.15) is 5.82 Å². The standard InChI is InChI=1S/C17H25FN2O2S/c1-13-12-16(6-7-17(13)18)23(21,22)19-14-8-10-20(11-9-14)15-4-2-3-5-15/h6-7,12,14-15,19H,2-5,8-11H2,1H3. The highest BCUT2D eigenvalue weighted by molar-refractivity contribution is 7.89. The number of nitrogens with zero attached hydrogens (tertiary/aromatic N) is 1. The highest BCUT2D eigenvalue weighted by Crippen LogP contribution is 2.26. The Bertz CT molecular complexity index is 649. The molecule has 4 nitrogen and oxygen atoms in total. The number of sulfonamides is 1. The fourth-order valence-electron chi connectivity index (χ4n) is 3.72. The molecule has 1 aliphatic carbocycles. The molecule has 0 spiro atoms. The van der Waals surface area contributed by atoms with E-state index in [0.717, 1.165) is 25.9 Å². The van der Waals surface area contributed by atoms with Crippen LogP contribution in [0.4, 0.5) is 4.39 Å². The molecule has 128 valence electrons. The molecule has 1 aliphatic heterocycles. The van der Waals surface area contributed by atoms with Gasteiger partial charge >= 0.3 is 0 Å². The third-order valence-corrected chi connectivity index (χ3v) is 6.65. The lowest BCUT2D eigenvalue weighted by Gasteiger charge is -2.36. The fraction of sp³-hybridized carbons (Fsp3) is 0.647. The Labute approximate surface area is 138 Å². The molecule has 0 bridgehead atoms. The van der Waals surface area contributed by atoms with Crippen molar-refractivity contribution in [2.45, 2.75) is 62.4 Å². The summed E-state index contributed by atoms with van der Waals surface area (Å²) < 4.78 is 41.0. The molecule has 1 N–H and O–H groups in total. The number of likely N-dealkylation sites (tertiary alicyclic amines) is 1. The third-order valence-electron chi connectivity index (χ3n) is 5.13. The van der Waals surface area contributed by atoms with Crippen LogP contribution in [-0.4, -0.2) is 38.5 Å². The van der Waals surface area contributed by atoms with E-state index in [9.17, 15) is 12.8 Å². The molecule has 0 unspecified atom stereocenters. The highest BCUT2D eigenvalue weighted by atomic mass is 32.2. The summed E-state index contributed by atoms with van der Waals surface area (Å²) in [6.45, 7) is 3.50. The van der Waals surface area contributed by atoms with Gasteiger partial charge in [-0.05, 0) is 69.5 Å². The average molecular weight is 340 g/mol. The second kappa shape index (κ2) is 6.87. The van der Waals surface area contributed by atoms with Crippen molar-refractivity contribution in [3.8, 4) is 0 Å². The van der Waals surface area contributed by atoms with Crippen molar-refractivity contribution in [3.63, 3.8) is 0 Å². The van der Waals surface area contributed by atoms with Crippen molar-refractivity contribution < 1.29 is 12.8 Å². The van der Waals surface area contributed by atoms with Gasteiger partial charge in [-0.2, -0.15) is 0 Å². The fourth-order valence-corrected chi connectivity index (χ4v) is 5.11. The monoisotopic (exact) mass is 340 g/mol. The van der Waals surface area contributed by atoms with E-state index in [1.165, 1.54) is 43.9 Å². The first-order chi connectivity index (χ1) is 11.0. The topological polar surface area (TPSA) is 49.4 Å². The third kappa shape index (κ3) is 3.92. The smallest absolute Gasteiger partial charge is 0.240 e. The maximum atomic E-state index is 13.3. The molecule has 2 aliphatic rings. The molecule has 1 aromatic carbocycles. The van der Waals surface area contributed by atoms with Gasteiger partial charge in [0.25, 0.3) is 0 Å². The predicted molar refractivity (Wildman–Crippen MR) is 88.3 cm³/mol. The summed E-state index contributed by atoms with van der Waals surface area (Å²) >= 11 is 0. The SMILES string of the molecule is Cc1cc(S(=O)(=O)NC2CCN(C3CCCC3)CC2)ccc1F. The number of halogens is 1. The number of hydrogen-bond acceptors (Lipinski definition) is 3. The molecule has 0 aromatic heterocycles. The van der Waals surface area contributed by atoms with Crippen LogP contribution >= 0.6 is 0 Å². The molecule has 2 fully saturated rings. The Kier molecular flexibility index (Phi) is 5.04. The van der Waals surface area contributed by atoms with Crippen LogP contribution in [0.15, 0.2) is 23.1 Å². The summed E-state index contributed by atoms with van der Waals surface area (Å²) in [5.41, 5.74) is 0.351. The molecule has 3 rings (SSSR count). The molecular formula is C17H25FN2O2S. The van der Waals surface area contributed by atoms with Gasteiger partial charge < -0.3 is 4.90 Å². The Morgan fingerprint density at radius 3 is 2.39 bits per heavy atom. The summed E-state index contributed by atoms with van der Waals surface area (Å²) in [5.74, 6) is -0.381. The quantitative estimate of drug-likeness (QED) is 0.917. The van der Waals surface area contributed by atoms with Crippen LogP contribution in [0.25, 0.3) is 0 Å². The van der Waals surface area contributed by atoms with E-state index in [4.69, 9.17) is 0 Å². The maximum Gasteiger partial charge on any atom is 0.240 e. The van der Waals surface area contributed by atoms with Gasteiger partial charge in [-0.15, -0.1) is 0 Å². The number of nitrogens with one attached hydrogen (secondary N) is 1. The van der Waals surface area contributed by atoms with E-state index in [1.807, 2.05) is 0 Å². The number of rotatable bonds is 4. The zero-order chi connectivity index (χ0) is 16.4.